The van der Waals surface area contributed by atoms with E-state index in [0.29, 0.717) is 6.61 Å². The minimum atomic E-state index is 0.713. The van der Waals surface area contributed by atoms with Crippen molar-refractivity contribution in [2.45, 2.75) is 26.2 Å². The van der Waals surface area contributed by atoms with Crippen LogP contribution in [0.4, 0.5) is 5.69 Å². The lowest BCUT2D eigenvalue weighted by molar-refractivity contribution is 0.237. The zero-order valence-corrected chi connectivity index (χ0v) is 11.3. The Bertz CT molecular complexity index is 348. The van der Waals surface area contributed by atoms with Crippen LogP contribution in [0, 0.1) is 0 Å². The first-order valence-electron chi connectivity index (χ1n) is 7.08. The predicted octanol–water partition coefficient (Wildman–Crippen LogP) is 2.98. The minimum absolute atomic E-state index is 0.713. The van der Waals surface area contributed by atoms with E-state index in [1.54, 1.807) is 0 Å². The summed E-state index contributed by atoms with van der Waals surface area (Å²) in [6.07, 6.45) is 4.11. The van der Waals surface area contributed by atoms with Gasteiger partial charge in [-0.05, 0) is 45.0 Å². The second-order valence-electron chi connectivity index (χ2n) is 4.76. The smallest absolute Gasteiger partial charge is 0.142 e. The molecular weight excluding hydrogens is 224 g/mol. The van der Waals surface area contributed by atoms with Gasteiger partial charge >= 0.3 is 0 Å². The van der Waals surface area contributed by atoms with Crippen LogP contribution in [0.2, 0.25) is 0 Å². The quantitative estimate of drug-likeness (QED) is 0.837. The van der Waals surface area contributed by atoms with Gasteiger partial charge in [0.15, 0.2) is 0 Å². The molecule has 0 radical (unpaired) electrons. The molecule has 1 aliphatic heterocycles. The zero-order chi connectivity index (χ0) is 12.6. The molecular formula is C15H24N2O. The second kappa shape index (κ2) is 7.27. The molecule has 1 saturated heterocycles. The first-order valence-corrected chi connectivity index (χ1v) is 7.08. The van der Waals surface area contributed by atoms with Gasteiger partial charge in [0.2, 0.25) is 0 Å². The number of ether oxygens (including phenoxy) is 1. The Hall–Kier alpha value is -1.22. The fraction of sp³-hybridized carbons (Fsp3) is 0.600. The van der Waals surface area contributed by atoms with Gasteiger partial charge in [-0.1, -0.05) is 18.6 Å². The van der Waals surface area contributed by atoms with Gasteiger partial charge in [0.25, 0.3) is 0 Å². The summed E-state index contributed by atoms with van der Waals surface area (Å²) in [5.74, 6) is 0.957. The van der Waals surface area contributed by atoms with Gasteiger partial charge in [-0.25, -0.2) is 0 Å². The van der Waals surface area contributed by atoms with Crippen molar-refractivity contribution in [2.75, 3.05) is 38.1 Å². The Balaban J connectivity index is 1.78. The van der Waals surface area contributed by atoms with E-state index in [-0.39, 0.29) is 0 Å². The van der Waals surface area contributed by atoms with Crippen molar-refractivity contribution >= 4 is 5.69 Å². The van der Waals surface area contributed by atoms with Crippen LogP contribution in [0.1, 0.15) is 26.2 Å². The Morgan fingerprint density at radius 2 is 1.94 bits per heavy atom. The molecule has 0 amide bonds. The van der Waals surface area contributed by atoms with Crippen LogP contribution < -0.4 is 10.1 Å². The molecule has 1 aromatic carbocycles. The van der Waals surface area contributed by atoms with E-state index < -0.39 is 0 Å². The number of hydrogen-bond donors (Lipinski definition) is 1. The van der Waals surface area contributed by atoms with Gasteiger partial charge in [-0.3, -0.25) is 0 Å². The van der Waals surface area contributed by atoms with Crippen molar-refractivity contribution in [1.82, 2.24) is 4.90 Å². The van der Waals surface area contributed by atoms with E-state index in [0.717, 1.165) is 24.5 Å². The van der Waals surface area contributed by atoms with Crippen molar-refractivity contribution < 1.29 is 4.74 Å². The van der Waals surface area contributed by atoms with E-state index in [9.17, 15) is 0 Å². The Morgan fingerprint density at radius 3 is 2.72 bits per heavy atom. The van der Waals surface area contributed by atoms with Crippen LogP contribution in [0.25, 0.3) is 0 Å². The number of piperidine rings is 1. The third-order valence-corrected chi connectivity index (χ3v) is 3.38. The number of para-hydroxylation sites is 2. The Kier molecular flexibility index (Phi) is 5.34. The van der Waals surface area contributed by atoms with Crippen LogP contribution in [0.5, 0.6) is 5.75 Å². The molecule has 1 N–H and O–H groups in total. The molecule has 0 aromatic heterocycles. The summed E-state index contributed by atoms with van der Waals surface area (Å²) >= 11 is 0. The number of rotatable bonds is 6. The molecule has 2 rings (SSSR count). The fourth-order valence-electron chi connectivity index (χ4n) is 2.43. The van der Waals surface area contributed by atoms with Crippen molar-refractivity contribution in [3.8, 4) is 5.75 Å². The third kappa shape index (κ3) is 3.91. The first-order chi connectivity index (χ1) is 8.90. The highest BCUT2D eigenvalue weighted by molar-refractivity contribution is 5.56. The zero-order valence-electron chi connectivity index (χ0n) is 11.3. The SMILES string of the molecule is CCOc1ccccc1NCCN1CCCCC1. The molecule has 1 heterocycles. The third-order valence-electron chi connectivity index (χ3n) is 3.38. The number of hydrogen-bond acceptors (Lipinski definition) is 3. The van der Waals surface area contributed by atoms with Gasteiger partial charge in [-0.15, -0.1) is 0 Å². The average Bonchev–Trinajstić information content (AvgIpc) is 2.42. The van der Waals surface area contributed by atoms with E-state index in [4.69, 9.17) is 4.74 Å². The molecule has 0 atom stereocenters. The summed E-state index contributed by atoms with van der Waals surface area (Å²) in [7, 11) is 0. The summed E-state index contributed by atoms with van der Waals surface area (Å²) in [5.41, 5.74) is 1.11. The molecule has 0 bridgehead atoms. The molecule has 100 valence electrons. The summed E-state index contributed by atoms with van der Waals surface area (Å²) in [6.45, 7) is 7.36. The van der Waals surface area contributed by atoms with E-state index in [1.807, 2.05) is 25.1 Å². The number of anilines is 1. The monoisotopic (exact) mass is 248 g/mol. The largest absolute Gasteiger partial charge is 0.492 e. The maximum atomic E-state index is 5.60. The highest BCUT2D eigenvalue weighted by Crippen LogP contribution is 2.23. The second-order valence-corrected chi connectivity index (χ2v) is 4.76. The number of nitrogens with zero attached hydrogens (tertiary/aromatic N) is 1. The van der Waals surface area contributed by atoms with Crippen molar-refractivity contribution in [2.24, 2.45) is 0 Å². The summed E-state index contributed by atoms with van der Waals surface area (Å²) in [5, 5.41) is 3.48. The van der Waals surface area contributed by atoms with Crippen molar-refractivity contribution in [3.63, 3.8) is 0 Å². The van der Waals surface area contributed by atoms with Crippen molar-refractivity contribution in [1.29, 1.82) is 0 Å². The van der Waals surface area contributed by atoms with Gasteiger partial charge < -0.3 is 15.0 Å². The summed E-state index contributed by atoms with van der Waals surface area (Å²) in [6, 6.07) is 8.17. The van der Waals surface area contributed by atoms with E-state index >= 15 is 0 Å². The van der Waals surface area contributed by atoms with Crippen LogP contribution in [0.15, 0.2) is 24.3 Å². The van der Waals surface area contributed by atoms with Crippen molar-refractivity contribution in [3.05, 3.63) is 24.3 Å². The van der Waals surface area contributed by atoms with Gasteiger partial charge in [0, 0.05) is 13.1 Å². The Labute approximate surface area is 110 Å². The molecule has 3 nitrogen and oxygen atoms in total. The molecule has 0 saturated carbocycles. The fourth-order valence-corrected chi connectivity index (χ4v) is 2.43. The molecule has 1 aliphatic rings. The molecule has 1 fully saturated rings. The Morgan fingerprint density at radius 1 is 1.17 bits per heavy atom. The van der Waals surface area contributed by atoms with E-state index in [1.165, 1.54) is 32.4 Å². The van der Waals surface area contributed by atoms with Crippen LogP contribution in [0.3, 0.4) is 0 Å². The molecule has 1 aromatic rings. The lowest BCUT2D eigenvalue weighted by atomic mass is 10.1. The lowest BCUT2D eigenvalue weighted by Crippen LogP contribution is -2.33. The van der Waals surface area contributed by atoms with Gasteiger partial charge in [0.1, 0.15) is 5.75 Å². The molecule has 0 unspecified atom stereocenters. The number of nitrogens with one attached hydrogen (secondary N) is 1. The predicted molar refractivity (Wildman–Crippen MR) is 76.4 cm³/mol. The lowest BCUT2D eigenvalue weighted by Gasteiger charge is -2.26. The topological polar surface area (TPSA) is 24.5 Å². The standard InChI is InChI=1S/C15H24N2O/c1-2-18-15-9-5-4-8-14(15)16-10-13-17-11-6-3-7-12-17/h4-5,8-9,16H,2-3,6-7,10-13H2,1H3. The average molecular weight is 248 g/mol. The van der Waals surface area contributed by atoms with Gasteiger partial charge in [-0.2, -0.15) is 0 Å². The van der Waals surface area contributed by atoms with E-state index in [2.05, 4.69) is 16.3 Å². The first kappa shape index (κ1) is 13.2. The molecule has 0 aliphatic carbocycles. The van der Waals surface area contributed by atoms with Crippen LogP contribution in [-0.4, -0.2) is 37.7 Å². The van der Waals surface area contributed by atoms with Crippen LogP contribution >= 0.6 is 0 Å². The van der Waals surface area contributed by atoms with Crippen LogP contribution in [-0.2, 0) is 0 Å². The molecule has 18 heavy (non-hydrogen) atoms. The maximum Gasteiger partial charge on any atom is 0.142 e. The number of likely N-dealkylation sites (tertiary alicyclic amines) is 1. The molecule has 0 spiro atoms. The highest BCUT2D eigenvalue weighted by atomic mass is 16.5. The van der Waals surface area contributed by atoms with Gasteiger partial charge in [0.05, 0.1) is 12.3 Å². The highest BCUT2D eigenvalue weighted by Gasteiger charge is 2.09. The normalized spacial score (nSPS) is 16.5. The minimum Gasteiger partial charge on any atom is -0.492 e. The summed E-state index contributed by atoms with van der Waals surface area (Å²) < 4.78 is 5.60. The molecule has 3 heteroatoms. The maximum absolute atomic E-state index is 5.60. The summed E-state index contributed by atoms with van der Waals surface area (Å²) in [4.78, 5) is 2.54. The number of benzene rings is 1.